The second-order valence-electron chi connectivity index (χ2n) is 7.55. The highest BCUT2D eigenvalue weighted by molar-refractivity contribution is 5.87. The SMILES string of the molecule is Cn1nnc2ccc(-c3ccn4nc(C5(N)CCC(N)CC5)ncc34)cc21. The molecular formula is C19H22N8. The molecule has 5 rings (SSSR count). The first kappa shape index (κ1) is 16.3. The third-order valence-corrected chi connectivity index (χ3v) is 5.71. The van der Waals surface area contributed by atoms with Gasteiger partial charge < -0.3 is 11.5 Å². The van der Waals surface area contributed by atoms with Crippen LogP contribution in [0, 0.1) is 0 Å². The predicted molar refractivity (Wildman–Crippen MR) is 103 cm³/mol. The van der Waals surface area contributed by atoms with Crippen LogP contribution >= 0.6 is 0 Å². The van der Waals surface area contributed by atoms with E-state index in [-0.39, 0.29) is 6.04 Å². The third kappa shape index (κ3) is 2.60. The summed E-state index contributed by atoms with van der Waals surface area (Å²) in [5, 5.41) is 12.9. The average molecular weight is 362 g/mol. The van der Waals surface area contributed by atoms with E-state index in [9.17, 15) is 0 Å². The molecule has 4 N–H and O–H groups in total. The number of benzene rings is 1. The molecule has 1 fully saturated rings. The molecule has 8 heteroatoms. The lowest BCUT2D eigenvalue weighted by atomic mass is 9.80. The molecule has 3 heterocycles. The molecule has 1 aliphatic carbocycles. The van der Waals surface area contributed by atoms with E-state index in [0.29, 0.717) is 5.82 Å². The van der Waals surface area contributed by atoms with Crippen molar-refractivity contribution in [1.82, 2.24) is 29.6 Å². The van der Waals surface area contributed by atoms with E-state index in [1.54, 1.807) is 4.68 Å². The van der Waals surface area contributed by atoms with E-state index in [2.05, 4.69) is 27.4 Å². The summed E-state index contributed by atoms with van der Waals surface area (Å²) >= 11 is 0. The van der Waals surface area contributed by atoms with Crippen molar-refractivity contribution in [3.05, 3.63) is 42.5 Å². The monoisotopic (exact) mass is 362 g/mol. The topological polar surface area (TPSA) is 113 Å². The van der Waals surface area contributed by atoms with Gasteiger partial charge in [0.1, 0.15) is 5.52 Å². The molecule has 4 aromatic rings. The van der Waals surface area contributed by atoms with E-state index in [1.807, 2.05) is 36.1 Å². The number of hydrogen-bond donors (Lipinski definition) is 2. The Morgan fingerprint density at radius 1 is 1.15 bits per heavy atom. The predicted octanol–water partition coefficient (Wildman–Crippen LogP) is 1.73. The molecule has 1 saturated carbocycles. The van der Waals surface area contributed by atoms with Gasteiger partial charge in [0.25, 0.3) is 0 Å². The van der Waals surface area contributed by atoms with Gasteiger partial charge in [-0.3, -0.25) is 0 Å². The largest absolute Gasteiger partial charge is 0.328 e. The lowest BCUT2D eigenvalue weighted by Gasteiger charge is -2.34. The van der Waals surface area contributed by atoms with Crippen LogP contribution in [-0.4, -0.2) is 35.6 Å². The Morgan fingerprint density at radius 2 is 1.96 bits per heavy atom. The van der Waals surface area contributed by atoms with Crippen molar-refractivity contribution >= 4 is 16.6 Å². The second kappa shape index (κ2) is 5.83. The van der Waals surface area contributed by atoms with Crippen molar-refractivity contribution in [3.63, 3.8) is 0 Å². The normalized spacial score (nSPS) is 23.3. The summed E-state index contributed by atoms with van der Waals surface area (Å²) in [4.78, 5) is 4.63. The molecule has 8 nitrogen and oxygen atoms in total. The summed E-state index contributed by atoms with van der Waals surface area (Å²) in [5.74, 6) is 0.690. The van der Waals surface area contributed by atoms with Crippen molar-refractivity contribution in [3.8, 4) is 11.1 Å². The van der Waals surface area contributed by atoms with Crippen LogP contribution in [0.3, 0.4) is 0 Å². The fourth-order valence-corrected chi connectivity index (χ4v) is 3.95. The minimum atomic E-state index is -0.492. The molecule has 0 radical (unpaired) electrons. The van der Waals surface area contributed by atoms with Crippen molar-refractivity contribution in [2.24, 2.45) is 18.5 Å². The summed E-state index contributed by atoms with van der Waals surface area (Å²) in [5.41, 5.74) is 17.1. The standard InChI is InChI=1S/C19H22N8/c1-26-16-10-12(2-3-15(16)23-25-26)14-6-9-27-17(14)11-22-18(24-27)19(21)7-4-13(20)5-8-19/h2-3,6,9-11,13H,4-5,7-8,20-21H2,1H3. The number of fused-ring (bicyclic) bond motifs is 2. The highest BCUT2D eigenvalue weighted by Crippen LogP contribution is 2.33. The van der Waals surface area contributed by atoms with Crippen molar-refractivity contribution in [1.29, 1.82) is 0 Å². The van der Waals surface area contributed by atoms with E-state index in [0.717, 1.165) is 53.4 Å². The zero-order valence-corrected chi connectivity index (χ0v) is 15.2. The number of aryl methyl sites for hydroxylation is 1. The number of hydrogen-bond acceptors (Lipinski definition) is 6. The smallest absolute Gasteiger partial charge is 0.169 e. The van der Waals surface area contributed by atoms with Gasteiger partial charge in [-0.1, -0.05) is 11.3 Å². The van der Waals surface area contributed by atoms with Gasteiger partial charge in [-0.15, -0.1) is 5.10 Å². The average Bonchev–Trinajstić information content (AvgIpc) is 3.27. The Morgan fingerprint density at radius 3 is 2.78 bits per heavy atom. The summed E-state index contributed by atoms with van der Waals surface area (Å²) < 4.78 is 3.64. The first-order chi connectivity index (χ1) is 13.0. The first-order valence-electron chi connectivity index (χ1n) is 9.23. The van der Waals surface area contributed by atoms with Gasteiger partial charge in [-0.2, -0.15) is 5.10 Å². The first-order valence-corrected chi connectivity index (χ1v) is 9.23. The molecule has 0 unspecified atom stereocenters. The van der Waals surface area contributed by atoms with Crippen LogP contribution in [0.2, 0.25) is 0 Å². The summed E-state index contributed by atoms with van der Waals surface area (Å²) in [6.45, 7) is 0. The van der Waals surface area contributed by atoms with Crippen LogP contribution in [0.1, 0.15) is 31.5 Å². The Balaban J connectivity index is 1.56. The van der Waals surface area contributed by atoms with Crippen molar-refractivity contribution < 1.29 is 0 Å². The maximum absolute atomic E-state index is 6.61. The molecule has 0 atom stereocenters. The van der Waals surface area contributed by atoms with Gasteiger partial charge >= 0.3 is 0 Å². The number of aromatic nitrogens is 6. The summed E-state index contributed by atoms with van der Waals surface area (Å²) in [6, 6.07) is 8.41. The van der Waals surface area contributed by atoms with Gasteiger partial charge in [0.15, 0.2) is 5.82 Å². The number of nitrogens with two attached hydrogens (primary N) is 2. The van der Waals surface area contributed by atoms with E-state index in [1.165, 1.54) is 0 Å². The highest BCUT2D eigenvalue weighted by Gasteiger charge is 2.35. The molecular weight excluding hydrogens is 340 g/mol. The van der Waals surface area contributed by atoms with E-state index >= 15 is 0 Å². The fraction of sp³-hybridized carbons (Fsp3) is 0.368. The van der Waals surface area contributed by atoms with Gasteiger partial charge in [0, 0.05) is 24.8 Å². The summed E-state index contributed by atoms with van der Waals surface area (Å²) in [6.07, 6.45) is 7.28. The maximum atomic E-state index is 6.61. The molecule has 0 bridgehead atoms. The minimum absolute atomic E-state index is 0.236. The van der Waals surface area contributed by atoms with Gasteiger partial charge in [0.05, 0.1) is 22.8 Å². The van der Waals surface area contributed by atoms with Crippen LogP contribution in [0.15, 0.2) is 36.7 Å². The second-order valence-corrected chi connectivity index (χ2v) is 7.55. The van der Waals surface area contributed by atoms with Crippen molar-refractivity contribution in [2.75, 3.05) is 0 Å². The molecule has 0 amide bonds. The van der Waals surface area contributed by atoms with Crippen LogP contribution in [-0.2, 0) is 12.6 Å². The van der Waals surface area contributed by atoms with Gasteiger partial charge in [-0.25, -0.2) is 14.2 Å². The molecule has 0 saturated heterocycles. The number of nitrogens with zero attached hydrogens (tertiary/aromatic N) is 6. The molecule has 27 heavy (non-hydrogen) atoms. The number of rotatable bonds is 2. The van der Waals surface area contributed by atoms with Gasteiger partial charge in [-0.05, 0) is 49.4 Å². The molecule has 0 aliphatic heterocycles. The highest BCUT2D eigenvalue weighted by atomic mass is 15.4. The molecule has 0 spiro atoms. The zero-order chi connectivity index (χ0) is 18.6. The quantitative estimate of drug-likeness (QED) is 0.561. The Kier molecular flexibility index (Phi) is 3.53. The molecule has 3 aromatic heterocycles. The summed E-state index contributed by atoms with van der Waals surface area (Å²) in [7, 11) is 1.89. The third-order valence-electron chi connectivity index (χ3n) is 5.71. The Bertz CT molecular complexity index is 1130. The van der Waals surface area contributed by atoms with Crippen LogP contribution in [0.4, 0.5) is 0 Å². The van der Waals surface area contributed by atoms with Crippen LogP contribution in [0.5, 0.6) is 0 Å². The van der Waals surface area contributed by atoms with Gasteiger partial charge in [0.2, 0.25) is 0 Å². The maximum Gasteiger partial charge on any atom is 0.169 e. The molecule has 138 valence electrons. The lowest BCUT2D eigenvalue weighted by Crippen LogP contribution is -2.45. The fourth-order valence-electron chi connectivity index (χ4n) is 3.95. The van der Waals surface area contributed by atoms with E-state index < -0.39 is 5.54 Å². The van der Waals surface area contributed by atoms with Crippen LogP contribution < -0.4 is 11.5 Å². The Labute approximate surface area is 156 Å². The minimum Gasteiger partial charge on any atom is -0.328 e. The zero-order valence-electron chi connectivity index (χ0n) is 15.2. The Hall–Kier alpha value is -2.84. The van der Waals surface area contributed by atoms with Crippen LogP contribution in [0.25, 0.3) is 27.7 Å². The molecule has 1 aliphatic rings. The molecule has 1 aromatic carbocycles. The van der Waals surface area contributed by atoms with E-state index in [4.69, 9.17) is 16.6 Å². The van der Waals surface area contributed by atoms with Crippen molar-refractivity contribution in [2.45, 2.75) is 37.3 Å². The lowest BCUT2D eigenvalue weighted by molar-refractivity contribution is 0.262.